The van der Waals surface area contributed by atoms with Crippen molar-refractivity contribution < 1.29 is 8.42 Å². The Morgan fingerprint density at radius 3 is 2.71 bits per heavy atom. The molecule has 0 spiro atoms. The molecule has 1 aliphatic heterocycles. The molecule has 0 bridgehead atoms. The number of nitrogens with zero attached hydrogens (tertiary/aromatic N) is 1. The standard InChI is InChI=1S/C18H23ClN2O2S/c19-17-5-3-16-14-18(6-4-15(16)13-17)24(22,23)12-2-10-21-9-1-7-20-8-11-21/h3-6,13-14,20H,1-2,7-12H2. The fraction of sp³-hybridized carbons (Fsp3) is 0.444. The number of benzene rings is 2. The number of hydrogen-bond acceptors (Lipinski definition) is 4. The van der Waals surface area contributed by atoms with Crippen molar-refractivity contribution in [2.75, 3.05) is 38.5 Å². The molecule has 0 unspecified atom stereocenters. The third-order valence-corrected chi connectivity index (χ3v) is 6.49. The van der Waals surface area contributed by atoms with Crippen LogP contribution in [-0.4, -0.2) is 51.8 Å². The van der Waals surface area contributed by atoms with Gasteiger partial charge in [0.25, 0.3) is 0 Å². The molecule has 1 N–H and O–H groups in total. The van der Waals surface area contributed by atoms with Crippen molar-refractivity contribution in [1.29, 1.82) is 0 Å². The minimum absolute atomic E-state index is 0.191. The van der Waals surface area contributed by atoms with Gasteiger partial charge in [0, 0.05) is 18.1 Å². The highest BCUT2D eigenvalue weighted by Crippen LogP contribution is 2.23. The van der Waals surface area contributed by atoms with Crippen LogP contribution in [0.1, 0.15) is 12.8 Å². The van der Waals surface area contributed by atoms with Crippen molar-refractivity contribution in [2.45, 2.75) is 17.7 Å². The van der Waals surface area contributed by atoms with Crippen LogP contribution in [0.3, 0.4) is 0 Å². The summed E-state index contributed by atoms with van der Waals surface area (Å²) in [6.07, 6.45) is 1.79. The minimum Gasteiger partial charge on any atom is -0.315 e. The summed E-state index contributed by atoms with van der Waals surface area (Å²) in [7, 11) is -3.25. The van der Waals surface area contributed by atoms with Gasteiger partial charge in [-0.05, 0) is 67.5 Å². The van der Waals surface area contributed by atoms with Crippen LogP contribution in [0.25, 0.3) is 10.8 Å². The molecule has 1 saturated heterocycles. The van der Waals surface area contributed by atoms with Crippen LogP contribution < -0.4 is 5.32 Å². The summed E-state index contributed by atoms with van der Waals surface area (Å²) in [4.78, 5) is 2.74. The fourth-order valence-corrected chi connectivity index (χ4v) is 4.62. The molecule has 0 radical (unpaired) electrons. The molecule has 0 aromatic heterocycles. The summed E-state index contributed by atoms with van der Waals surface area (Å²) in [5.74, 6) is 0.191. The Morgan fingerprint density at radius 1 is 1.04 bits per heavy atom. The lowest BCUT2D eigenvalue weighted by atomic mass is 10.1. The summed E-state index contributed by atoms with van der Waals surface area (Å²) in [5.41, 5.74) is 0. The van der Waals surface area contributed by atoms with E-state index in [-0.39, 0.29) is 5.75 Å². The van der Waals surface area contributed by atoms with E-state index in [1.54, 1.807) is 18.2 Å². The number of fused-ring (bicyclic) bond motifs is 1. The molecule has 1 fully saturated rings. The number of hydrogen-bond donors (Lipinski definition) is 1. The minimum atomic E-state index is -3.25. The van der Waals surface area contributed by atoms with Gasteiger partial charge in [0.2, 0.25) is 0 Å². The van der Waals surface area contributed by atoms with E-state index < -0.39 is 9.84 Å². The maximum Gasteiger partial charge on any atom is 0.178 e. The summed E-state index contributed by atoms with van der Waals surface area (Å²) in [6, 6.07) is 10.8. The van der Waals surface area contributed by atoms with Crippen LogP contribution in [0.2, 0.25) is 5.02 Å². The fourth-order valence-electron chi connectivity index (χ4n) is 3.11. The van der Waals surface area contributed by atoms with E-state index in [4.69, 9.17) is 11.6 Å². The summed E-state index contributed by atoms with van der Waals surface area (Å²) in [5, 5.41) is 5.88. The smallest absolute Gasteiger partial charge is 0.178 e. The Bertz CT molecular complexity index is 800. The molecule has 2 aromatic rings. The van der Waals surface area contributed by atoms with Crippen molar-refractivity contribution in [2.24, 2.45) is 0 Å². The van der Waals surface area contributed by atoms with Crippen molar-refractivity contribution in [3.8, 4) is 0 Å². The SMILES string of the molecule is O=S(=O)(CCCN1CCCNCC1)c1ccc2cc(Cl)ccc2c1. The Kier molecular flexibility index (Phi) is 5.76. The van der Waals surface area contributed by atoms with Crippen molar-refractivity contribution >= 4 is 32.2 Å². The topological polar surface area (TPSA) is 49.4 Å². The van der Waals surface area contributed by atoms with Gasteiger partial charge >= 0.3 is 0 Å². The largest absolute Gasteiger partial charge is 0.315 e. The highest BCUT2D eigenvalue weighted by atomic mass is 35.5. The van der Waals surface area contributed by atoms with Crippen LogP contribution in [0.5, 0.6) is 0 Å². The Balaban J connectivity index is 1.65. The van der Waals surface area contributed by atoms with Gasteiger partial charge < -0.3 is 10.2 Å². The van der Waals surface area contributed by atoms with Crippen molar-refractivity contribution in [1.82, 2.24) is 10.2 Å². The van der Waals surface area contributed by atoms with Crippen LogP contribution >= 0.6 is 11.6 Å². The zero-order valence-corrected chi connectivity index (χ0v) is 15.2. The second-order valence-electron chi connectivity index (χ2n) is 6.27. The molecule has 6 heteroatoms. The molecule has 1 aliphatic rings. The molecule has 0 saturated carbocycles. The zero-order chi connectivity index (χ0) is 17.0. The highest BCUT2D eigenvalue weighted by Gasteiger charge is 2.16. The third kappa shape index (κ3) is 4.48. The summed E-state index contributed by atoms with van der Waals surface area (Å²) >= 11 is 5.97. The quantitative estimate of drug-likeness (QED) is 0.883. The summed E-state index contributed by atoms with van der Waals surface area (Å²) in [6.45, 7) is 4.92. The van der Waals surface area contributed by atoms with E-state index in [9.17, 15) is 8.42 Å². The molecule has 0 aliphatic carbocycles. The monoisotopic (exact) mass is 366 g/mol. The lowest BCUT2D eigenvalue weighted by molar-refractivity contribution is 0.293. The van der Waals surface area contributed by atoms with Gasteiger partial charge in [0.1, 0.15) is 0 Å². The van der Waals surface area contributed by atoms with E-state index in [1.165, 1.54) is 0 Å². The molecular weight excluding hydrogens is 344 g/mol. The highest BCUT2D eigenvalue weighted by molar-refractivity contribution is 7.91. The molecule has 3 rings (SSSR count). The van der Waals surface area contributed by atoms with Gasteiger partial charge in [-0.15, -0.1) is 0 Å². The molecular formula is C18H23ClN2O2S. The van der Waals surface area contributed by atoms with E-state index >= 15 is 0 Å². The molecule has 24 heavy (non-hydrogen) atoms. The Morgan fingerprint density at radius 2 is 1.83 bits per heavy atom. The van der Waals surface area contributed by atoms with E-state index in [0.29, 0.717) is 16.3 Å². The predicted octanol–water partition coefficient (Wildman–Crippen LogP) is 2.95. The zero-order valence-electron chi connectivity index (χ0n) is 13.7. The molecule has 0 amide bonds. The number of rotatable bonds is 5. The number of sulfone groups is 1. The maximum absolute atomic E-state index is 12.6. The second-order valence-corrected chi connectivity index (χ2v) is 8.82. The van der Waals surface area contributed by atoms with Crippen molar-refractivity contribution in [3.05, 3.63) is 41.4 Å². The number of nitrogens with one attached hydrogen (secondary N) is 1. The Labute approximate surface area is 148 Å². The molecule has 2 aromatic carbocycles. The maximum atomic E-state index is 12.6. The van der Waals surface area contributed by atoms with Crippen LogP contribution in [0.15, 0.2) is 41.3 Å². The first-order chi connectivity index (χ1) is 11.5. The van der Waals surface area contributed by atoms with Crippen LogP contribution in [0, 0.1) is 0 Å². The average Bonchev–Trinajstić information content (AvgIpc) is 2.83. The Hall–Kier alpha value is -1.14. The second kappa shape index (κ2) is 7.83. The number of halogens is 1. The lowest BCUT2D eigenvalue weighted by Crippen LogP contribution is -2.30. The first-order valence-electron chi connectivity index (χ1n) is 8.40. The predicted molar refractivity (Wildman–Crippen MR) is 99.6 cm³/mol. The van der Waals surface area contributed by atoms with Gasteiger partial charge in [-0.25, -0.2) is 8.42 Å². The lowest BCUT2D eigenvalue weighted by Gasteiger charge is -2.19. The normalized spacial score (nSPS) is 17.0. The van der Waals surface area contributed by atoms with E-state index in [2.05, 4.69) is 10.2 Å². The van der Waals surface area contributed by atoms with E-state index in [1.807, 2.05) is 18.2 Å². The third-order valence-electron chi connectivity index (χ3n) is 4.45. The van der Waals surface area contributed by atoms with E-state index in [0.717, 1.165) is 49.9 Å². The van der Waals surface area contributed by atoms with Gasteiger partial charge in [-0.2, -0.15) is 0 Å². The average molecular weight is 367 g/mol. The molecule has 1 heterocycles. The first-order valence-corrected chi connectivity index (χ1v) is 10.4. The van der Waals surface area contributed by atoms with Crippen molar-refractivity contribution in [3.63, 3.8) is 0 Å². The molecule has 0 atom stereocenters. The van der Waals surface area contributed by atoms with Crippen LogP contribution in [0.4, 0.5) is 0 Å². The van der Waals surface area contributed by atoms with Gasteiger partial charge in [0.05, 0.1) is 10.6 Å². The first kappa shape index (κ1) is 17.7. The van der Waals surface area contributed by atoms with Gasteiger partial charge in [-0.1, -0.05) is 23.7 Å². The summed E-state index contributed by atoms with van der Waals surface area (Å²) < 4.78 is 25.2. The van der Waals surface area contributed by atoms with Gasteiger partial charge in [0.15, 0.2) is 9.84 Å². The van der Waals surface area contributed by atoms with Gasteiger partial charge in [-0.3, -0.25) is 0 Å². The molecule has 4 nitrogen and oxygen atoms in total. The van der Waals surface area contributed by atoms with Crippen LogP contribution in [-0.2, 0) is 9.84 Å². The molecule has 130 valence electrons.